The van der Waals surface area contributed by atoms with Gasteiger partial charge in [-0.1, -0.05) is 48.5 Å². The molecule has 9 nitrogen and oxygen atoms in total. The smallest absolute Gasteiger partial charge is 0.407 e. The van der Waals surface area contributed by atoms with Gasteiger partial charge in [0.25, 0.3) is 0 Å². The van der Waals surface area contributed by atoms with E-state index in [9.17, 15) is 14.4 Å². The maximum Gasteiger partial charge on any atom is 0.407 e. The van der Waals surface area contributed by atoms with Crippen LogP contribution in [0.5, 0.6) is 0 Å². The second-order valence-corrected chi connectivity index (χ2v) is 8.11. The van der Waals surface area contributed by atoms with Crippen LogP contribution in [0.25, 0.3) is 11.1 Å². The van der Waals surface area contributed by atoms with Gasteiger partial charge in [0, 0.05) is 12.5 Å². The summed E-state index contributed by atoms with van der Waals surface area (Å²) >= 11 is 0. The van der Waals surface area contributed by atoms with Crippen LogP contribution in [-0.2, 0) is 19.1 Å². The lowest BCUT2D eigenvalue weighted by Gasteiger charge is -2.17. The van der Waals surface area contributed by atoms with Crippen LogP contribution in [0.3, 0.4) is 0 Å². The number of hydrogen-bond donors (Lipinski definition) is 4. The molecule has 4 N–H and O–H groups in total. The average Bonchev–Trinajstić information content (AvgIpc) is 3.42. The summed E-state index contributed by atoms with van der Waals surface area (Å²) in [7, 11) is 0. The van der Waals surface area contributed by atoms with Gasteiger partial charge in [0.1, 0.15) is 18.8 Å². The highest BCUT2D eigenvalue weighted by Gasteiger charge is 2.33. The molecule has 0 spiro atoms. The zero-order chi connectivity index (χ0) is 23.4. The minimum atomic E-state index is -1.38. The molecule has 1 saturated heterocycles. The number of benzene rings is 2. The second-order valence-electron chi connectivity index (χ2n) is 8.11. The van der Waals surface area contributed by atoms with Crippen LogP contribution < -0.4 is 10.6 Å². The number of ether oxygens (including phenoxy) is 2. The maximum atomic E-state index is 12.3. The van der Waals surface area contributed by atoms with E-state index in [1.807, 2.05) is 36.4 Å². The molecular formula is C24H26N2O7. The van der Waals surface area contributed by atoms with E-state index in [2.05, 4.69) is 22.8 Å². The number of carboxylic acids is 1. The van der Waals surface area contributed by atoms with E-state index in [0.29, 0.717) is 12.8 Å². The molecule has 0 aromatic heterocycles. The average molecular weight is 454 g/mol. The van der Waals surface area contributed by atoms with E-state index < -0.39 is 42.8 Å². The molecule has 2 aromatic rings. The number of carboxylic acid groups (broad SMARTS) is 1. The highest BCUT2D eigenvalue weighted by atomic mass is 16.5. The number of rotatable bonds is 8. The molecule has 1 aliphatic carbocycles. The van der Waals surface area contributed by atoms with Gasteiger partial charge in [-0.05, 0) is 35.1 Å². The molecule has 0 saturated carbocycles. The molecule has 4 rings (SSSR count). The van der Waals surface area contributed by atoms with Crippen LogP contribution in [-0.4, -0.2) is 66.2 Å². The Bertz CT molecular complexity index is 995. The van der Waals surface area contributed by atoms with E-state index in [-0.39, 0.29) is 19.1 Å². The summed E-state index contributed by atoms with van der Waals surface area (Å²) in [6.07, 6.45) is -0.870. The first-order valence-electron chi connectivity index (χ1n) is 10.9. The number of hydrogen-bond acceptors (Lipinski definition) is 6. The zero-order valence-corrected chi connectivity index (χ0v) is 17.9. The van der Waals surface area contributed by atoms with Gasteiger partial charge in [-0.2, -0.15) is 0 Å². The monoisotopic (exact) mass is 454 g/mol. The number of fused-ring (bicyclic) bond motifs is 3. The molecule has 1 aliphatic heterocycles. The van der Waals surface area contributed by atoms with Crippen LogP contribution >= 0.6 is 0 Å². The molecule has 33 heavy (non-hydrogen) atoms. The number of aliphatic hydroxyl groups excluding tert-OH is 1. The molecule has 0 bridgehead atoms. The van der Waals surface area contributed by atoms with Crippen molar-refractivity contribution in [3.8, 4) is 11.1 Å². The molecule has 2 aromatic carbocycles. The number of carbonyl (C=O) groups excluding carboxylic acids is 2. The standard InChI is InChI=1S/C24H26N2O7/c27-12-20(23(29)30)26-22(28)21-10-9-14(33-21)11-25-24(31)32-13-19-17-7-3-1-5-15(17)16-6-2-4-8-18(16)19/h1-8,14,19-21,27H,9-13H2,(H,25,31)(H,26,28)(H,29,30). The molecule has 2 amide bonds. The van der Waals surface area contributed by atoms with E-state index >= 15 is 0 Å². The summed E-state index contributed by atoms with van der Waals surface area (Å²) in [6.45, 7) is -0.336. The van der Waals surface area contributed by atoms with Crippen LogP contribution in [0, 0.1) is 0 Å². The van der Waals surface area contributed by atoms with Gasteiger partial charge in [0.15, 0.2) is 0 Å². The molecular weight excluding hydrogens is 428 g/mol. The third-order valence-electron chi connectivity index (χ3n) is 6.01. The van der Waals surface area contributed by atoms with Crippen molar-refractivity contribution >= 4 is 18.0 Å². The highest BCUT2D eigenvalue weighted by molar-refractivity contribution is 5.86. The lowest BCUT2D eigenvalue weighted by molar-refractivity contribution is -0.145. The van der Waals surface area contributed by atoms with Crippen LogP contribution in [0.2, 0.25) is 0 Å². The first-order valence-corrected chi connectivity index (χ1v) is 10.9. The summed E-state index contributed by atoms with van der Waals surface area (Å²) in [6, 6.07) is 14.8. The Kier molecular flexibility index (Phi) is 6.90. The van der Waals surface area contributed by atoms with E-state index in [4.69, 9.17) is 19.7 Å². The minimum absolute atomic E-state index is 0.0346. The SMILES string of the molecule is O=C(NCC1CCC(C(=O)NC(CO)C(=O)O)O1)OCC1c2ccccc2-c2ccccc21. The number of nitrogens with one attached hydrogen (secondary N) is 2. The van der Waals surface area contributed by atoms with Crippen molar-refractivity contribution in [3.63, 3.8) is 0 Å². The minimum Gasteiger partial charge on any atom is -0.480 e. The summed E-state index contributed by atoms with van der Waals surface area (Å²) in [5, 5.41) is 22.9. The van der Waals surface area contributed by atoms with Crippen molar-refractivity contribution in [1.82, 2.24) is 10.6 Å². The van der Waals surface area contributed by atoms with Gasteiger partial charge in [-0.3, -0.25) is 4.79 Å². The zero-order valence-electron chi connectivity index (χ0n) is 17.9. The van der Waals surface area contributed by atoms with Crippen LogP contribution in [0.4, 0.5) is 4.79 Å². The van der Waals surface area contributed by atoms with Crippen molar-refractivity contribution in [3.05, 3.63) is 59.7 Å². The molecule has 2 aliphatic rings. The fourth-order valence-corrected chi connectivity index (χ4v) is 4.35. The second kappa shape index (κ2) is 10.0. The predicted molar refractivity (Wildman–Crippen MR) is 118 cm³/mol. The van der Waals surface area contributed by atoms with Crippen LogP contribution in [0.15, 0.2) is 48.5 Å². The Hall–Kier alpha value is -3.43. The topological polar surface area (TPSA) is 134 Å². The van der Waals surface area contributed by atoms with Crippen molar-refractivity contribution in [2.45, 2.75) is 37.0 Å². The van der Waals surface area contributed by atoms with Gasteiger partial charge in [0.2, 0.25) is 5.91 Å². The molecule has 1 fully saturated rings. The van der Waals surface area contributed by atoms with Crippen molar-refractivity contribution in [2.24, 2.45) is 0 Å². The normalized spacial score (nSPS) is 19.9. The highest BCUT2D eigenvalue weighted by Crippen LogP contribution is 2.44. The van der Waals surface area contributed by atoms with Gasteiger partial charge in [-0.15, -0.1) is 0 Å². The number of carbonyl (C=O) groups is 3. The van der Waals surface area contributed by atoms with Crippen molar-refractivity contribution < 1.29 is 34.1 Å². The van der Waals surface area contributed by atoms with E-state index in [1.165, 1.54) is 0 Å². The Morgan fingerprint density at radius 2 is 1.67 bits per heavy atom. The van der Waals surface area contributed by atoms with Gasteiger partial charge >= 0.3 is 12.1 Å². The first-order chi connectivity index (χ1) is 16.0. The molecule has 9 heteroatoms. The number of alkyl carbamates (subject to hydrolysis) is 1. The lowest BCUT2D eigenvalue weighted by Crippen LogP contribution is -2.47. The number of amides is 2. The molecule has 174 valence electrons. The Balaban J connectivity index is 1.25. The molecule has 3 atom stereocenters. The fourth-order valence-electron chi connectivity index (χ4n) is 4.35. The van der Waals surface area contributed by atoms with E-state index in [1.54, 1.807) is 0 Å². The number of aliphatic carboxylic acids is 1. The molecule has 1 heterocycles. The summed E-state index contributed by atoms with van der Waals surface area (Å²) in [5.74, 6) is -1.95. The Labute approximate surface area is 190 Å². The van der Waals surface area contributed by atoms with Crippen LogP contribution in [0.1, 0.15) is 29.9 Å². The molecule has 3 unspecified atom stereocenters. The summed E-state index contributed by atoms with van der Waals surface area (Å²) in [5.41, 5.74) is 4.55. The third-order valence-corrected chi connectivity index (χ3v) is 6.01. The summed E-state index contributed by atoms with van der Waals surface area (Å²) in [4.78, 5) is 35.4. The van der Waals surface area contributed by atoms with E-state index in [0.717, 1.165) is 22.3 Å². The maximum absolute atomic E-state index is 12.3. The van der Waals surface area contributed by atoms with Gasteiger partial charge in [-0.25, -0.2) is 9.59 Å². The van der Waals surface area contributed by atoms with Gasteiger partial charge in [0.05, 0.1) is 12.7 Å². The lowest BCUT2D eigenvalue weighted by atomic mass is 9.98. The van der Waals surface area contributed by atoms with Crippen molar-refractivity contribution in [1.29, 1.82) is 0 Å². The Morgan fingerprint density at radius 1 is 1.03 bits per heavy atom. The third kappa shape index (κ3) is 4.99. The quantitative estimate of drug-likeness (QED) is 0.476. The number of aliphatic hydroxyl groups is 1. The first kappa shape index (κ1) is 22.8. The largest absolute Gasteiger partial charge is 0.480 e. The predicted octanol–water partition coefficient (Wildman–Crippen LogP) is 1.63. The Morgan fingerprint density at radius 3 is 2.27 bits per heavy atom. The molecule has 0 radical (unpaired) electrons. The summed E-state index contributed by atoms with van der Waals surface area (Å²) < 4.78 is 11.1. The van der Waals surface area contributed by atoms with Crippen molar-refractivity contribution in [2.75, 3.05) is 19.8 Å². The van der Waals surface area contributed by atoms with Gasteiger partial charge < -0.3 is 30.3 Å². The fraction of sp³-hybridized carbons (Fsp3) is 0.375.